The number of hydrogen-bond donors (Lipinski definition) is 0. The second kappa shape index (κ2) is 8.95. The van der Waals surface area contributed by atoms with Crippen molar-refractivity contribution in [2.24, 2.45) is 0 Å². The fourth-order valence-electron chi connectivity index (χ4n) is 3.15. The summed E-state index contributed by atoms with van der Waals surface area (Å²) in [4.78, 5) is 14.4. The molecule has 1 aliphatic rings. The van der Waals surface area contributed by atoms with Crippen molar-refractivity contribution in [2.45, 2.75) is 17.9 Å². The summed E-state index contributed by atoms with van der Waals surface area (Å²) in [6.07, 6.45) is -0.763. The topological polar surface area (TPSA) is 114 Å². The Morgan fingerprint density at radius 1 is 1.00 bits per heavy atom. The minimum Gasteiger partial charge on any atom is -0.481 e. The van der Waals surface area contributed by atoms with E-state index in [0.29, 0.717) is 16.9 Å². The number of nitriles is 2. The molecule has 30 heavy (non-hydrogen) atoms. The monoisotopic (exact) mass is 424 g/mol. The average Bonchev–Trinajstić information content (AvgIpc) is 2.78. The summed E-state index contributed by atoms with van der Waals surface area (Å²) in [5, 5.41) is 17.8. The van der Waals surface area contributed by atoms with Crippen molar-refractivity contribution in [3.05, 3.63) is 59.7 Å². The minimum absolute atomic E-state index is 0.121. The number of ether oxygens (including phenoxy) is 1. The molecule has 1 heterocycles. The number of rotatable bonds is 5. The van der Waals surface area contributed by atoms with E-state index in [4.69, 9.17) is 15.3 Å². The number of hydrogen-bond acceptors (Lipinski definition) is 6. The van der Waals surface area contributed by atoms with E-state index in [1.54, 1.807) is 36.1 Å². The maximum Gasteiger partial charge on any atom is 0.263 e. The van der Waals surface area contributed by atoms with Crippen LogP contribution in [0.15, 0.2) is 53.4 Å². The van der Waals surface area contributed by atoms with E-state index in [9.17, 15) is 13.2 Å². The zero-order chi connectivity index (χ0) is 21.7. The van der Waals surface area contributed by atoms with Crippen molar-refractivity contribution in [3.63, 3.8) is 0 Å². The highest BCUT2D eigenvalue weighted by Crippen LogP contribution is 2.20. The smallest absolute Gasteiger partial charge is 0.263 e. The summed E-state index contributed by atoms with van der Waals surface area (Å²) in [6.45, 7) is 2.47. The van der Waals surface area contributed by atoms with Gasteiger partial charge >= 0.3 is 0 Å². The molecule has 2 aromatic rings. The predicted octanol–water partition coefficient (Wildman–Crippen LogP) is 1.73. The molecule has 0 N–H and O–H groups in total. The number of nitrogens with zero attached hydrogens (tertiary/aromatic N) is 4. The van der Waals surface area contributed by atoms with Gasteiger partial charge in [0.25, 0.3) is 5.91 Å². The van der Waals surface area contributed by atoms with Crippen molar-refractivity contribution in [3.8, 4) is 17.9 Å². The molecule has 9 heteroatoms. The van der Waals surface area contributed by atoms with E-state index in [-0.39, 0.29) is 37.0 Å². The van der Waals surface area contributed by atoms with Crippen LogP contribution in [0, 0.1) is 22.7 Å². The quantitative estimate of drug-likeness (QED) is 0.722. The van der Waals surface area contributed by atoms with Gasteiger partial charge in [-0.1, -0.05) is 6.07 Å². The fourth-order valence-corrected chi connectivity index (χ4v) is 4.57. The van der Waals surface area contributed by atoms with E-state index < -0.39 is 16.1 Å². The van der Waals surface area contributed by atoms with Gasteiger partial charge in [-0.2, -0.15) is 14.8 Å². The first-order chi connectivity index (χ1) is 14.3. The molecule has 0 saturated carbocycles. The van der Waals surface area contributed by atoms with Crippen LogP contribution in [0.5, 0.6) is 5.75 Å². The number of benzene rings is 2. The number of piperazine rings is 1. The molecular weight excluding hydrogens is 404 g/mol. The van der Waals surface area contributed by atoms with Gasteiger partial charge in [-0.25, -0.2) is 8.42 Å². The molecule has 1 atom stereocenters. The normalized spacial score (nSPS) is 15.6. The Morgan fingerprint density at radius 2 is 1.63 bits per heavy atom. The van der Waals surface area contributed by atoms with Gasteiger partial charge < -0.3 is 9.64 Å². The second-order valence-corrected chi connectivity index (χ2v) is 8.70. The summed E-state index contributed by atoms with van der Waals surface area (Å²) in [7, 11) is -3.69. The number of carbonyl (C=O) groups is 1. The molecule has 3 rings (SSSR count). The SMILES string of the molecule is CC(Oc1cccc(C#N)c1)C(=O)N1CCN(S(=O)(=O)c2ccc(C#N)cc2)CC1. The van der Waals surface area contributed by atoms with Crippen molar-refractivity contribution >= 4 is 15.9 Å². The first-order valence-corrected chi connectivity index (χ1v) is 10.7. The average molecular weight is 424 g/mol. The molecule has 0 aliphatic carbocycles. The standard InChI is InChI=1S/C21H20N4O4S/c1-16(29-19-4-2-3-18(13-19)15-23)21(26)24-9-11-25(12-10-24)30(27,28)20-7-5-17(14-22)6-8-20/h2-8,13,16H,9-12H2,1H3. The third-order valence-corrected chi connectivity index (χ3v) is 6.71. The molecule has 154 valence electrons. The first kappa shape index (κ1) is 21.3. The van der Waals surface area contributed by atoms with Gasteiger partial charge in [-0.3, -0.25) is 4.79 Å². The molecule has 8 nitrogen and oxygen atoms in total. The summed E-state index contributed by atoms with van der Waals surface area (Å²) < 4.78 is 32.6. The van der Waals surface area contributed by atoms with Gasteiger partial charge in [0.2, 0.25) is 10.0 Å². The van der Waals surface area contributed by atoms with Crippen LogP contribution in [0.1, 0.15) is 18.1 Å². The Kier molecular flexibility index (Phi) is 6.36. The van der Waals surface area contributed by atoms with Gasteiger partial charge in [0.1, 0.15) is 5.75 Å². The Labute approximate surface area is 175 Å². The summed E-state index contributed by atoms with van der Waals surface area (Å²) in [6, 6.07) is 16.3. The van der Waals surface area contributed by atoms with Crippen LogP contribution in [-0.4, -0.2) is 55.8 Å². The number of sulfonamides is 1. The van der Waals surface area contributed by atoms with Crippen LogP contribution in [0.4, 0.5) is 0 Å². The highest BCUT2D eigenvalue weighted by atomic mass is 32.2. The molecule has 1 saturated heterocycles. The van der Waals surface area contributed by atoms with Crippen molar-refractivity contribution in [1.82, 2.24) is 9.21 Å². The molecule has 2 aromatic carbocycles. The van der Waals surface area contributed by atoms with Gasteiger partial charge in [0.15, 0.2) is 6.10 Å². The zero-order valence-electron chi connectivity index (χ0n) is 16.4. The molecule has 0 aromatic heterocycles. The van der Waals surface area contributed by atoms with Crippen LogP contribution in [0.2, 0.25) is 0 Å². The highest BCUT2D eigenvalue weighted by Gasteiger charge is 2.32. The van der Waals surface area contributed by atoms with Crippen LogP contribution in [0.3, 0.4) is 0 Å². The lowest BCUT2D eigenvalue weighted by Gasteiger charge is -2.35. The van der Waals surface area contributed by atoms with E-state index in [2.05, 4.69) is 0 Å². The first-order valence-electron chi connectivity index (χ1n) is 9.31. The minimum atomic E-state index is -3.69. The second-order valence-electron chi connectivity index (χ2n) is 6.77. The molecule has 0 bridgehead atoms. The number of carbonyl (C=O) groups excluding carboxylic acids is 1. The van der Waals surface area contributed by atoms with Crippen LogP contribution >= 0.6 is 0 Å². The van der Waals surface area contributed by atoms with E-state index in [1.165, 1.54) is 28.6 Å². The molecular formula is C21H20N4O4S. The molecule has 1 fully saturated rings. The van der Waals surface area contributed by atoms with Gasteiger partial charge in [0.05, 0.1) is 28.2 Å². The lowest BCUT2D eigenvalue weighted by molar-refractivity contribution is -0.139. The largest absolute Gasteiger partial charge is 0.481 e. The molecule has 1 amide bonds. The molecule has 1 aliphatic heterocycles. The maximum atomic E-state index is 12.8. The van der Waals surface area contributed by atoms with Crippen molar-refractivity contribution < 1.29 is 17.9 Å². The predicted molar refractivity (Wildman–Crippen MR) is 108 cm³/mol. The lowest BCUT2D eigenvalue weighted by atomic mass is 10.2. The molecule has 0 radical (unpaired) electrons. The summed E-state index contributed by atoms with van der Waals surface area (Å²) >= 11 is 0. The Bertz CT molecular complexity index is 1110. The van der Waals surface area contributed by atoms with E-state index in [0.717, 1.165) is 0 Å². The highest BCUT2D eigenvalue weighted by molar-refractivity contribution is 7.89. The Morgan fingerprint density at radius 3 is 2.23 bits per heavy atom. The third-order valence-electron chi connectivity index (χ3n) is 4.80. The summed E-state index contributed by atoms with van der Waals surface area (Å²) in [5.41, 5.74) is 0.826. The van der Waals surface area contributed by atoms with Gasteiger partial charge in [-0.15, -0.1) is 0 Å². The lowest BCUT2D eigenvalue weighted by Crippen LogP contribution is -2.53. The number of amides is 1. The van der Waals surface area contributed by atoms with Crippen molar-refractivity contribution in [2.75, 3.05) is 26.2 Å². The van der Waals surface area contributed by atoms with E-state index >= 15 is 0 Å². The van der Waals surface area contributed by atoms with Crippen LogP contribution in [0.25, 0.3) is 0 Å². The Hall–Kier alpha value is -3.40. The molecule has 0 spiro atoms. The van der Waals surface area contributed by atoms with Gasteiger partial charge in [0, 0.05) is 26.2 Å². The van der Waals surface area contributed by atoms with E-state index in [1.807, 2.05) is 12.1 Å². The Balaban J connectivity index is 1.60. The maximum absolute atomic E-state index is 12.8. The summed E-state index contributed by atoms with van der Waals surface area (Å²) in [5.74, 6) is 0.185. The third kappa shape index (κ3) is 4.60. The van der Waals surface area contributed by atoms with Crippen LogP contribution in [-0.2, 0) is 14.8 Å². The molecule has 1 unspecified atom stereocenters. The fraction of sp³-hybridized carbons (Fsp3) is 0.286. The zero-order valence-corrected chi connectivity index (χ0v) is 17.2. The van der Waals surface area contributed by atoms with Gasteiger partial charge in [-0.05, 0) is 49.4 Å². The van der Waals surface area contributed by atoms with Crippen LogP contribution < -0.4 is 4.74 Å². The van der Waals surface area contributed by atoms with Crippen molar-refractivity contribution in [1.29, 1.82) is 10.5 Å².